The zero-order chi connectivity index (χ0) is 32.7. The van der Waals surface area contributed by atoms with Crippen molar-refractivity contribution in [3.8, 4) is 11.5 Å². The Morgan fingerprint density at radius 1 is 1.04 bits per heavy atom. The van der Waals surface area contributed by atoms with Crippen LogP contribution in [0, 0.1) is 18.3 Å². The maximum atomic E-state index is 15.7. The van der Waals surface area contributed by atoms with Crippen molar-refractivity contribution in [3.05, 3.63) is 116 Å². The minimum atomic E-state index is -1.68. The molecule has 1 saturated heterocycles. The van der Waals surface area contributed by atoms with Crippen LogP contribution in [0.1, 0.15) is 63.3 Å². The van der Waals surface area contributed by atoms with Crippen molar-refractivity contribution in [1.29, 1.82) is 0 Å². The Labute approximate surface area is 265 Å². The molecule has 0 radical (unpaired) electrons. The van der Waals surface area contributed by atoms with Crippen LogP contribution in [0.5, 0.6) is 0 Å². The first-order valence-corrected chi connectivity index (χ1v) is 14.8. The first-order chi connectivity index (χ1) is 21.1. The van der Waals surface area contributed by atoms with E-state index in [2.05, 4.69) is 14.8 Å². The lowest BCUT2D eigenvalue weighted by atomic mass is 9.72. The first kappa shape index (κ1) is 32.1. The van der Waals surface area contributed by atoms with Gasteiger partial charge in [-0.05, 0) is 93.6 Å². The Morgan fingerprint density at radius 3 is 2.36 bits per heavy atom. The fourth-order valence-electron chi connectivity index (χ4n) is 5.96. The second-order valence-corrected chi connectivity index (χ2v) is 13.2. The molecule has 0 saturated carbocycles. The predicted octanol–water partition coefficient (Wildman–Crippen LogP) is 8.18. The van der Waals surface area contributed by atoms with Gasteiger partial charge in [0, 0.05) is 29.6 Å². The van der Waals surface area contributed by atoms with Crippen molar-refractivity contribution >= 4 is 23.4 Å². The third-order valence-corrected chi connectivity index (χ3v) is 7.91. The molecule has 4 aromatic rings. The number of aromatic nitrogens is 2. The number of hydrogen-bond acceptors (Lipinski definition) is 6. The quantitative estimate of drug-likeness (QED) is 0.191. The van der Waals surface area contributed by atoms with Crippen molar-refractivity contribution in [2.45, 2.75) is 57.8 Å². The topological polar surface area (TPSA) is 81.9 Å². The molecule has 0 aliphatic carbocycles. The zero-order valence-corrected chi connectivity index (χ0v) is 26.3. The Hall–Kier alpha value is -4.33. The molecule has 1 aliphatic rings. The van der Waals surface area contributed by atoms with Crippen LogP contribution in [0.4, 0.5) is 19.3 Å². The lowest BCUT2D eigenvalue weighted by molar-refractivity contribution is 0.00815. The van der Waals surface area contributed by atoms with Gasteiger partial charge in [0.25, 0.3) is 0 Å². The molecule has 1 fully saturated rings. The number of rotatable bonds is 7. The monoisotopic (exact) mass is 634 g/mol. The van der Waals surface area contributed by atoms with E-state index in [9.17, 15) is 14.0 Å². The van der Waals surface area contributed by atoms with E-state index >= 15 is 4.39 Å². The van der Waals surface area contributed by atoms with Crippen LogP contribution in [0.25, 0.3) is 16.3 Å². The number of ether oxygens (including phenoxy) is 1. The molecule has 0 amide bonds. The summed E-state index contributed by atoms with van der Waals surface area (Å²) in [7, 11) is 0. The lowest BCUT2D eigenvalue weighted by Crippen LogP contribution is -2.53. The van der Waals surface area contributed by atoms with Crippen LogP contribution < -0.4 is 5.76 Å². The number of benzene rings is 3. The molecular weight excluding hydrogens is 602 g/mol. The highest BCUT2D eigenvalue weighted by molar-refractivity contribution is 6.30. The third kappa shape index (κ3) is 7.16. The summed E-state index contributed by atoms with van der Waals surface area (Å²) in [5.74, 6) is -2.40. The van der Waals surface area contributed by atoms with Gasteiger partial charge >= 0.3 is 11.8 Å². The minimum absolute atomic E-state index is 0.0509. The highest BCUT2D eigenvalue weighted by Crippen LogP contribution is 2.46. The predicted molar refractivity (Wildman–Crippen MR) is 167 cm³/mol. The zero-order valence-electron chi connectivity index (χ0n) is 25.6. The summed E-state index contributed by atoms with van der Waals surface area (Å²) < 4.78 is 41.3. The average molecular weight is 635 g/mol. The van der Waals surface area contributed by atoms with Crippen LogP contribution in [0.3, 0.4) is 0 Å². The van der Waals surface area contributed by atoms with Gasteiger partial charge in [-0.25, -0.2) is 23.2 Å². The van der Waals surface area contributed by atoms with Crippen LogP contribution in [0.15, 0.2) is 75.9 Å². The number of nitrogens with zero attached hydrogens (tertiary/aromatic N) is 4. The van der Waals surface area contributed by atoms with Gasteiger partial charge in [-0.15, -0.1) is 5.10 Å². The van der Waals surface area contributed by atoms with Crippen LogP contribution >= 0.6 is 11.6 Å². The van der Waals surface area contributed by atoms with Crippen LogP contribution in [-0.4, -0.2) is 45.1 Å². The van der Waals surface area contributed by atoms with Gasteiger partial charge in [-0.1, -0.05) is 46.6 Å². The molecule has 0 bridgehead atoms. The van der Waals surface area contributed by atoms with E-state index in [1.54, 1.807) is 51.1 Å². The van der Waals surface area contributed by atoms with E-state index in [-0.39, 0.29) is 23.5 Å². The standard InChI is InChI=1S/C34H33ClF2N4O4/c1-33(2,3)45-32(43)41-31(42)44-30(39-41)22-9-7-8-21(14-22)29(20-10-12-25(35)13-11-20)40-18-24(19-40)28(34(4,5)37)23-15-26(36)17-27(16-23)38-6/h7-17,24,28-29H,18-19H2,1-5H3/t28-,29+/m1/s1. The van der Waals surface area contributed by atoms with Gasteiger partial charge in [0.05, 0.1) is 12.6 Å². The Bertz CT molecular complexity index is 1810. The summed E-state index contributed by atoms with van der Waals surface area (Å²) in [6.45, 7) is 16.3. The second kappa shape index (κ2) is 12.2. The number of carbonyl (C=O) groups is 1. The van der Waals surface area contributed by atoms with Gasteiger partial charge < -0.3 is 9.15 Å². The minimum Gasteiger partial charge on any atom is -0.442 e. The van der Waals surface area contributed by atoms with E-state index in [1.807, 2.05) is 24.3 Å². The van der Waals surface area contributed by atoms with E-state index in [1.165, 1.54) is 19.9 Å². The van der Waals surface area contributed by atoms with Crippen molar-refractivity contribution < 1.29 is 22.7 Å². The maximum Gasteiger partial charge on any atom is 0.447 e. The van der Waals surface area contributed by atoms with E-state index in [4.69, 9.17) is 27.3 Å². The second-order valence-electron chi connectivity index (χ2n) is 12.8. The van der Waals surface area contributed by atoms with Crippen molar-refractivity contribution in [3.63, 3.8) is 0 Å². The van der Waals surface area contributed by atoms with Gasteiger partial charge in [0.2, 0.25) is 5.89 Å². The number of hydrogen-bond donors (Lipinski definition) is 0. The molecule has 45 heavy (non-hydrogen) atoms. The fourth-order valence-corrected chi connectivity index (χ4v) is 6.08. The SMILES string of the molecule is [C-]#[N+]c1cc(F)cc([C@H](C2CN([C@@H](c3ccc(Cl)cc3)c3cccc(-c4nn(C(=O)OC(C)(C)C)c(=O)o4)c3)C2)C(C)(C)F)c1. The molecule has 5 rings (SSSR count). The van der Waals surface area contributed by atoms with Gasteiger partial charge in [0.15, 0.2) is 5.69 Å². The molecule has 3 aromatic carbocycles. The van der Waals surface area contributed by atoms with Gasteiger partial charge in [-0.2, -0.15) is 0 Å². The Kier molecular flexibility index (Phi) is 8.71. The van der Waals surface area contributed by atoms with Crippen LogP contribution in [0.2, 0.25) is 5.02 Å². The number of halogens is 3. The first-order valence-electron chi connectivity index (χ1n) is 14.4. The maximum absolute atomic E-state index is 15.7. The summed E-state index contributed by atoms with van der Waals surface area (Å²) in [6, 6.07) is 18.4. The molecule has 2 heterocycles. The molecule has 0 spiro atoms. The Morgan fingerprint density at radius 2 is 1.73 bits per heavy atom. The number of likely N-dealkylation sites (tertiary alicyclic amines) is 1. The smallest absolute Gasteiger partial charge is 0.442 e. The lowest BCUT2D eigenvalue weighted by Gasteiger charge is -2.50. The van der Waals surface area contributed by atoms with Crippen molar-refractivity contribution in [1.82, 2.24) is 14.7 Å². The summed E-state index contributed by atoms with van der Waals surface area (Å²) in [5.41, 5.74) is 0.306. The highest BCUT2D eigenvalue weighted by Gasteiger charge is 2.45. The molecule has 234 valence electrons. The van der Waals surface area contributed by atoms with Gasteiger partial charge in [0.1, 0.15) is 17.1 Å². The molecule has 8 nitrogen and oxygen atoms in total. The molecule has 11 heteroatoms. The van der Waals surface area contributed by atoms with Crippen molar-refractivity contribution in [2.75, 3.05) is 13.1 Å². The summed E-state index contributed by atoms with van der Waals surface area (Å²) in [6.07, 6.45) is -0.948. The molecule has 2 atom stereocenters. The fraction of sp³-hybridized carbons (Fsp3) is 0.353. The van der Waals surface area contributed by atoms with E-state index in [0.717, 1.165) is 17.2 Å². The van der Waals surface area contributed by atoms with E-state index < -0.39 is 34.9 Å². The largest absolute Gasteiger partial charge is 0.447 e. The normalized spacial score (nSPS) is 15.6. The third-order valence-electron chi connectivity index (χ3n) is 7.66. The Balaban J connectivity index is 1.47. The molecule has 1 aromatic heterocycles. The van der Waals surface area contributed by atoms with E-state index in [0.29, 0.717) is 33.9 Å². The molecule has 0 unspecified atom stereocenters. The molecular formula is C34H33ClF2N4O4. The number of carbonyl (C=O) groups excluding carboxylic acids is 1. The summed E-state index contributed by atoms with van der Waals surface area (Å²) in [5, 5.41) is 4.66. The van der Waals surface area contributed by atoms with Crippen LogP contribution in [-0.2, 0) is 4.74 Å². The summed E-state index contributed by atoms with van der Waals surface area (Å²) in [4.78, 5) is 30.5. The van der Waals surface area contributed by atoms with Crippen molar-refractivity contribution in [2.24, 2.45) is 5.92 Å². The summed E-state index contributed by atoms with van der Waals surface area (Å²) >= 11 is 6.20. The molecule has 0 N–H and O–H groups in total. The molecule has 1 aliphatic heterocycles. The average Bonchev–Trinajstić information content (AvgIpc) is 3.32. The highest BCUT2D eigenvalue weighted by atomic mass is 35.5. The number of alkyl halides is 1. The van der Waals surface area contributed by atoms with Gasteiger partial charge in [-0.3, -0.25) is 4.90 Å².